The Kier molecular flexibility index (Phi) is 10.7. The van der Waals surface area contributed by atoms with E-state index in [1.54, 1.807) is 12.1 Å². The number of nitrogens with zero attached hydrogens (tertiary/aromatic N) is 2. The van der Waals surface area contributed by atoms with Gasteiger partial charge in [0.05, 0.1) is 12.6 Å². The number of guanidine groups is 1. The van der Waals surface area contributed by atoms with Crippen LogP contribution in [0.2, 0.25) is 0 Å². The normalized spacial score (nSPS) is 17.1. The van der Waals surface area contributed by atoms with Crippen molar-refractivity contribution in [2.45, 2.75) is 51.7 Å². The highest BCUT2D eigenvalue weighted by atomic mass is 19.3. The molecule has 1 saturated heterocycles. The molecule has 1 atom stereocenters. The van der Waals surface area contributed by atoms with Crippen LogP contribution in [-0.2, 0) is 0 Å². The third-order valence-corrected chi connectivity index (χ3v) is 4.90. The third-order valence-electron chi connectivity index (χ3n) is 4.90. The number of aliphatic hydroxyl groups is 1. The van der Waals surface area contributed by atoms with Gasteiger partial charge in [-0.2, -0.15) is 8.78 Å². The molecule has 0 amide bonds. The number of aliphatic imine (C=N–C) groups is 1. The second-order valence-electron chi connectivity index (χ2n) is 7.22. The average molecular weight is 413 g/mol. The van der Waals surface area contributed by atoms with Gasteiger partial charge in [0.1, 0.15) is 5.75 Å². The molecule has 164 valence electrons. The first-order chi connectivity index (χ1) is 14.1. The van der Waals surface area contributed by atoms with E-state index < -0.39 is 12.7 Å². The fraction of sp³-hybridized carbons (Fsp3) is 0.667. The second kappa shape index (κ2) is 13.3. The van der Waals surface area contributed by atoms with E-state index in [1.165, 1.54) is 50.9 Å². The average Bonchev–Trinajstić information content (AvgIpc) is 2.98. The number of alkyl halides is 2. The molecule has 0 aliphatic carbocycles. The van der Waals surface area contributed by atoms with Gasteiger partial charge in [0.25, 0.3) is 0 Å². The Balaban J connectivity index is 1.76. The van der Waals surface area contributed by atoms with Crippen LogP contribution < -0.4 is 15.4 Å². The Morgan fingerprint density at radius 2 is 1.83 bits per heavy atom. The Hall–Kier alpha value is -1.93. The van der Waals surface area contributed by atoms with Gasteiger partial charge in [-0.05, 0) is 63.5 Å². The van der Waals surface area contributed by atoms with Crippen molar-refractivity contribution in [1.29, 1.82) is 0 Å². The van der Waals surface area contributed by atoms with Gasteiger partial charge >= 0.3 is 6.61 Å². The van der Waals surface area contributed by atoms with E-state index in [9.17, 15) is 13.9 Å². The predicted molar refractivity (Wildman–Crippen MR) is 112 cm³/mol. The van der Waals surface area contributed by atoms with Crippen molar-refractivity contribution in [2.24, 2.45) is 4.99 Å². The summed E-state index contributed by atoms with van der Waals surface area (Å²) in [6.07, 6.45) is 5.50. The van der Waals surface area contributed by atoms with Gasteiger partial charge in [-0.25, -0.2) is 0 Å². The summed E-state index contributed by atoms with van der Waals surface area (Å²) in [5, 5.41) is 16.8. The van der Waals surface area contributed by atoms with Crippen LogP contribution in [0.25, 0.3) is 0 Å². The number of ether oxygens (including phenoxy) is 1. The molecule has 1 fully saturated rings. The molecule has 1 heterocycles. The maximum Gasteiger partial charge on any atom is 0.387 e. The summed E-state index contributed by atoms with van der Waals surface area (Å²) in [5.41, 5.74) is 0.604. The zero-order valence-electron chi connectivity index (χ0n) is 17.2. The van der Waals surface area contributed by atoms with Crippen LogP contribution in [-0.4, -0.2) is 61.8 Å². The monoisotopic (exact) mass is 412 g/mol. The Bertz CT molecular complexity index is 591. The molecule has 0 spiro atoms. The molecule has 0 saturated carbocycles. The van der Waals surface area contributed by atoms with Gasteiger partial charge in [0.15, 0.2) is 5.96 Å². The lowest BCUT2D eigenvalue weighted by atomic mass is 10.1. The molecule has 1 unspecified atom stereocenters. The first kappa shape index (κ1) is 23.3. The fourth-order valence-corrected chi connectivity index (χ4v) is 3.37. The first-order valence-corrected chi connectivity index (χ1v) is 10.6. The number of rotatable bonds is 10. The van der Waals surface area contributed by atoms with Crippen molar-refractivity contribution in [3.05, 3.63) is 29.8 Å². The summed E-state index contributed by atoms with van der Waals surface area (Å²) in [4.78, 5) is 6.97. The molecule has 8 heteroatoms. The summed E-state index contributed by atoms with van der Waals surface area (Å²) < 4.78 is 28.7. The van der Waals surface area contributed by atoms with Gasteiger partial charge in [-0.3, -0.25) is 4.99 Å². The summed E-state index contributed by atoms with van der Waals surface area (Å²) in [5.74, 6) is 0.735. The van der Waals surface area contributed by atoms with Crippen molar-refractivity contribution >= 4 is 5.96 Å². The summed E-state index contributed by atoms with van der Waals surface area (Å²) in [6, 6.07) is 5.97. The molecule has 0 bridgehead atoms. The highest BCUT2D eigenvalue weighted by Gasteiger charge is 2.10. The molecular formula is C21H34F2N4O2. The lowest BCUT2D eigenvalue weighted by molar-refractivity contribution is -0.0498. The molecular weight excluding hydrogens is 378 g/mol. The maximum absolute atomic E-state index is 12.2. The van der Waals surface area contributed by atoms with Crippen LogP contribution in [0.3, 0.4) is 0 Å². The predicted octanol–water partition coefficient (Wildman–Crippen LogP) is 3.14. The number of hydrogen-bond donors (Lipinski definition) is 3. The molecule has 0 aromatic heterocycles. The Morgan fingerprint density at radius 1 is 1.14 bits per heavy atom. The molecule has 6 nitrogen and oxygen atoms in total. The number of hydrogen-bond acceptors (Lipinski definition) is 4. The second-order valence-corrected chi connectivity index (χ2v) is 7.22. The van der Waals surface area contributed by atoms with Crippen molar-refractivity contribution in [1.82, 2.24) is 15.5 Å². The number of likely N-dealkylation sites (tertiary alicyclic amines) is 1. The molecule has 29 heavy (non-hydrogen) atoms. The summed E-state index contributed by atoms with van der Waals surface area (Å²) >= 11 is 0. The lowest BCUT2D eigenvalue weighted by Crippen LogP contribution is -2.39. The van der Waals surface area contributed by atoms with Gasteiger partial charge in [-0.1, -0.05) is 25.0 Å². The van der Waals surface area contributed by atoms with E-state index >= 15 is 0 Å². The van der Waals surface area contributed by atoms with Crippen molar-refractivity contribution in [2.75, 3.05) is 39.3 Å². The minimum atomic E-state index is -2.86. The zero-order chi connectivity index (χ0) is 20.9. The van der Waals surface area contributed by atoms with E-state index in [0.29, 0.717) is 11.5 Å². The number of aliphatic hydroxyl groups excluding tert-OH is 1. The van der Waals surface area contributed by atoms with Gasteiger partial charge in [0, 0.05) is 13.1 Å². The van der Waals surface area contributed by atoms with Crippen molar-refractivity contribution < 1.29 is 18.6 Å². The van der Waals surface area contributed by atoms with Crippen LogP contribution in [0.1, 0.15) is 50.7 Å². The standard InChI is InChI=1S/C21H34F2N4O2/c1-2-24-21(25-12-7-15-27-13-5-3-4-6-14-27)26-16-19(28)17-8-10-18(11-9-17)29-20(22)23/h8-11,19-20,28H,2-7,12-16H2,1H3,(H2,24,25,26). The van der Waals surface area contributed by atoms with Crippen LogP contribution in [0.15, 0.2) is 29.3 Å². The molecule has 1 aromatic rings. The van der Waals surface area contributed by atoms with Gasteiger partial charge in [0.2, 0.25) is 0 Å². The van der Waals surface area contributed by atoms with Crippen LogP contribution in [0, 0.1) is 0 Å². The van der Waals surface area contributed by atoms with Crippen LogP contribution in [0.4, 0.5) is 8.78 Å². The highest BCUT2D eigenvalue weighted by Crippen LogP contribution is 2.19. The van der Waals surface area contributed by atoms with E-state index in [1.807, 2.05) is 6.92 Å². The molecule has 1 aliphatic rings. The quantitative estimate of drug-likeness (QED) is 0.313. The third kappa shape index (κ3) is 9.41. The smallest absolute Gasteiger partial charge is 0.387 e. The van der Waals surface area contributed by atoms with Gasteiger partial charge < -0.3 is 25.4 Å². The number of halogens is 2. The SMILES string of the molecule is CCNC(=NCC(O)c1ccc(OC(F)F)cc1)NCCCN1CCCCCC1. The molecule has 1 aromatic carbocycles. The number of nitrogens with one attached hydrogen (secondary N) is 2. The fourth-order valence-electron chi connectivity index (χ4n) is 3.37. The maximum atomic E-state index is 12.2. The highest BCUT2D eigenvalue weighted by molar-refractivity contribution is 5.79. The van der Waals surface area contributed by atoms with Crippen molar-refractivity contribution in [3.63, 3.8) is 0 Å². The van der Waals surface area contributed by atoms with E-state index in [4.69, 9.17) is 0 Å². The topological polar surface area (TPSA) is 69.1 Å². The lowest BCUT2D eigenvalue weighted by Gasteiger charge is -2.20. The zero-order valence-corrected chi connectivity index (χ0v) is 17.2. The molecule has 0 radical (unpaired) electrons. The van der Waals surface area contributed by atoms with E-state index in [2.05, 4.69) is 25.3 Å². The summed E-state index contributed by atoms with van der Waals surface area (Å²) in [6.45, 7) is 4.34. The summed E-state index contributed by atoms with van der Waals surface area (Å²) in [7, 11) is 0. The van der Waals surface area contributed by atoms with Crippen LogP contribution in [0.5, 0.6) is 5.75 Å². The Morgan fingerprint density at radius 3 is 2.45 bits per heavy atom. The van der Waals surface area contributed by atoms with Crippen LogP contribution >= 0.6 is 0 Å². The minimum absolute atomic E-state index is 0.0684. The van der Waals surface area contributed by atoms with E-state index in [0.717, 1.165) is 26.1 Å². The molecule has 1 aliphatic heterocycles. The van der Waals surface area contributed by atoms with E-state index in [-0.39, 0.29) is 12.3 Å². The molecule has 3 N–H and O–H groups in total. The van der Waals surface area contributed by atoms with Crippen molar-refractivity contribution in [3.8, 4) is 5.75 Å². The van der Waals surface area contributed by atoms with Gasteiger partial charge in [-0.15, -0.1) is 0 Å². The number of benzene rings is 1. The largest absolute Gasteiger partial charge is 0.435 e. The Labute approximate surface area is 172 Å². The minimum Gasteiger partial charge on any atom is -0.435 e. The molecule has 2 rings (SSSR count). The first-order valence-electron chi connectivity index (χ1n) is 10.6.